The van der Waals surface area contributed by atoms with E-state index in [1.807, 2.05) is 26.8 Å². The third-order valence-electron chi connectivity index (χ3n) is 4.68. The van der Waals surface area contributed by atoms with Crippen molar-refractivity contribution in [3.8, 4) is 23.0 Å². The van der Waals surface area contributed by atoms with Gasteiger partial charge in [0.2, 0.25) is 0 Å². The average Bonchev–Trinajstić information content (AvgIpc) is 2.68. The Kier molecular flexibility index (Phi) is 6.45. The molecular weight excluding hydrogens is 342 g/mol. The summed E-state index contributed by atoms with van der Waals surface area (Å²) < 4.78 is 22.8. The molecule has 0 spiro atoms. The quantitative estimate of drug-likeness (QED) is 0.756. The third-order valence-corrected chi connectivity index (χ3v) is 4.68. The second kappa shape index (κ2) is 9.00. The van der Waals surface area contributed by atoms with Crippen LogP contribution in [0.4, 0.5) is 0 Å². The summed E-state index contributed by atoms with van der Waals surface area (Å²) >= 11 is 0. The number of hydrogen-bond acceptors (Lipinski definition) is 5. The number of hydrogen-bond donors (Lipinski definition) is 1. The van der Waals surface area contributed by atoms with Crippen LogP contribution in [0.3, 0.4) is 0 Å². The first-order chi connectivity index (χ1) is 13.2. The lowest BCUT2D eigenvalue weighted by Gasteiger charge is -2.29. The first-order valence-corrected chi connectivity index (χ1v) is 9.68. The van der Waals surface area contributed by atoms with Crippen LogP contribution in [-0.2, 0) is 6.42 Å². The largest absolute Gasteiger partial charge is 0.493 e. The van der Waals surface area contributed by atoms with Crippen LogP contribution in [0.25, 0.3) is 0 Å². The Morgan fingerprint density at radius 1 is 0.852 bits per heavy atom. The number of benzene rings is 2. The highest BCUT2D eigenvalue weighted by atomic mass is 16.5. The van der Waals surface area contributed by atoms with Gasteiger partial charge in [-0.25, -0.2) is 0 Å². The molecule has 0 fully saturated rings. The topological polar surface area (TPSA) is 49.0 Å². The van der Waals surface area contributed by atoms with Crippen LogP contribution in [0.5, 0.6) is 23.0 Å². The molecule has 5 heteroatoms. The predicted octanol–water partition coefficient (Wildman–Crippen LogP) is 4.13. The molecule has 2 aromatic rings. The maximum Gasteiger partial charge on any atom is 0.161 e. The van der Waals surface area contributed by atoms with Gasteiger partial charge in [-0.1, -0.05) is 6.07 Å². The number of fused-ring (bicyclic) bond motifs is 1. The second-order valence-corrected chi connectivity index (χ2v) is 6.34. The van der Waals surface area contributed by atoms with E-state index in [9.17, 15) is 0 Å². The molecule has 1 atom stereocenters. The first-order valence-electron chi connectivity index (χ1n) is 9.68. The molecule has 2 aromatic carbocycles. The molecule has 0 saturated heterocycles. The van der Waals surface area contributed by atoms with Gasteiger partial charge in [-0.3, -0.25) is 0 Å². The standard InChI is InChI=1S/C22H29NO4/c1-5-25-19-13-16(8-9-18(19)24-4)22-17-14-21(27-7-3)20(26-6-2)12-15(17)10-11-23-22/h8-9,12-14,22-23H,5-7,10-11H2,1-4H3/t22-/m1/s1. The van der Waals surface area contributed by atoms with Crippen molar-refractivity contribution in [2.75, 3.05) is 33.5 Å². The molecular formula is C22H29NO4. The second-order valence-electron chi connectivity index (χ2n) is 6.34. The fourth-order valence-corrected chi connectivity index (χ4v) is 3.54. The SMILES string of the molecule is CCOc1cc([C@H]2NCCc3cc(OCC)c(OCC)cc32)ccc1OC. The van der Waals surface area contributed by atoms with Gasteiger partial charge in [-0.15, -0.1) is 0 Å². The number of methoxy groups -OCH3 is 1. The summed E-state index contributed by atoms with van der Waals surface area (Å²) in [5.41, 5.74) is 3.66. The minimum atomic E-state index is 0.0775. The maximum absolute atomic E-state index is 5.84. The van der Waals surface area contributed by atoms with Gasteiger partial charge >= 0.3 is 0 Å². The van der Waals surface area contributed by atoms with Crippen molar-refractivity contribution in [1.82, 2.24) is 5.32 Å². The minimum absolute atomic E-state index is 0.0775. The average molecular weight is 371 g/mol. The summed E-state index contributed by atoms with van der Waals surface area (Å²) in [6.45, 7) is 8.69. The summed E-state index contributed by atoms with van der Waals surface area (Å²) in [4.78, 5) is 0. The van der Waals surface area contributed by atoms with Crippen molar-refractivity contribution < 1.29 is 18.9 Å². The van der Waals surface area contributed by atoms with E-state index >= 15 is 0 Å². The molecule has 0 unspecified atom stereocenters. The normalized spacial score (nSPS) is 15.8. The molecule has 146 valence electrons. The van der Waals surface area contributed by atoms with Gasteiger partial charge in [0.15, 0.2) is 23.0 Å². The van der Waals surface area contributed by atoms with Crippen molar-refractivity contribution in [3.63, 3.8) is 0 Å². The Morgan fingerprint density at radius 3 is 2.11 bits per heavy atom. The van der Waals surface area contributed by atoms with Crippen molar-refractivity contribution in [2.24, 2.45) is 0 Å². The van der Waals surface area contributed by atoms with E-state index in [-0.39, 0.29) is 6.04 Å². The molecule has 1 heterocycles. The first kappa shape index (κ1) is 19.4. The molecule has 5 nitrogen and oxygen atoms in total. The molecule has 0 saturated carbocycles. The fraction of sp³-hybridized carbons (Fsp3) is 0.455. The van der Waals surface area contributed by atoms with Crippen molar-refractivity contribution in [1.29, 1.82) is 0 Å². The molecule has 27 heavy (non-hydrogen) atoms. The van der Waals surface area contributed by atoms with Crippen LogP contribution in [0.15, 0.2) is 30.3 Å². The van der Waals surface area contributed by atoms with Gasteiger partial charge < -0.3 is 24.3 Å². The molecule has 0 amide bonds. The molecule has 1 aliphatic heterocycles. The van der Waals surface area contributed by atoms with Crippen LogP contribution in [0, 0.1) is 0 Å². The lowest BCUT2D eigenvalue weighted by atomic mass is 9.89. The van der Waals surface area contributed by atoms with Gasteiger partial charge in [-0.05, 0) is 68.1 Å². The summed E-state index contributed by atoms with van der Waals surface area (Å²) in [7, 11) is 1.66. The number of nitrogens with one attached hydrogen (secondary N) is 1. The van der Waals surface area contributed by atoms with Crippen LogP contribution in [-0.4, -0.2) is 33.5 Å². The van der Waals surface area contributed by atoms with Gasteiger partial charge in [-0.2, -0.15) is 0 Å². The molecule has 0 radical (unpaired) electrons. The molecule has 0 aromatic heterocycles. The van der Waals surface area contributed by atoms with E-state index < -0.39 is 0 Å². The van der Waals surface area contributed by atoms with E-state index in [2.05, 4.69) is 29.6 Å². The Balaban J connectivity index is 2.02. The van der Waals surface area contributed by atoms with E-state index in [0.717, 1.165) is 41.5 Å². The van der Waals surface area contributed by atoms with Gasteiger partial charge in [0.05, 0.1) is 33.0 Å². The summed E-state index contributed by atoms with van der Waals surface area (Å²) in [5, 5.41) is 3.63. The zero-order valence-corrected chi connectivity index (χ0v) is 16.6. The molecule has 1 N–H and O–H groups in total. The Hall–Kier alpha value is -2.40. The van der Waals surface area contributed by atoms with Gasteiger partial charge in [0.1, 0.15) is 0 Å². The van der Waals surface area contributed by atoms with Crippen LogP contribution in [0.2, 0.25) is 0 Å². The monoisotopic (exact) mass is 371 g/mol. The lowest BCUT2D eigenvalue weighted by Crippen LogP contribution is -2.30. The number of ether oxygens (including phenoxy) is 4. The smallest absolute Gasteiger partial charge is 0.161 e. The Labute approximate surface area is 161 Å². The van der Waals surface area contributed by atoms with E-state index in [1.54, 1.807) is 7.11 Å². The molecule has 3 rings (SSSR count). The Bertz CT molecular complexity index is 775. The highest BCUT2D eigenvalue weighted by molar-refractivity contribution is 5.53. The lowest BCUT2D eigenvalue weighted by molar-refractivity contribution is 0.286. The van der Waals surface area contributed by atoms with Crippen LogP contribution < -0.4 is 24.3 Å². The zero-order chi connectivity index (χ0) is 19.2. The third kappa shape index (κ3) is 4.14. The minimum Gasteiger partial charge on any atom is -0.493 e. The molecule has 0 aliphatic carbocycles. The Morgan fingerprint density at radius 2 is 1.48 bits per heavy atom. The van der Waals surface area contributed by atoms with Crippen molar-refractivity contribution in [3.05, 3.63) is 47.0 Å². The molecule has 0 bridgehead atoms. The zero-order valence-electron chi connectivity index (χ0n) is 16.6. The van der Waals surface area contributed by atoms with Crippen LogP contribution in [0.1, 0.15) is 43.5 Å². The summed E-state index contributed by atoms with van der Waals surface area (Å²) in [6.07, 6.45) is 0.965. The highest BCUT2D eigenvalue weighted by Gasteiger charge is 2.25. The van der Waals surface area contributed by atoms with Gasteiger partial charge in [0, 0.05) is 6.54 Å². The van der Waals surface area contributed by atoms with E-state index in [0.29, 0.717) is 19.8 Å². The number of rotatable bonds is 8. The fourth-order valence-electron chi connectivity index (χ4n) is 3.54. The predicted molar refractivity (Wildman–Crippen MR) is 106 cm³/mol. The van der Waals surface area contributed by atoms with Crippen molar-refractivity contribution in [2.45, 2.75) is 33.2 Å². The summed E-state index contributed by atoms with van der Waals surface area (Å²) in [5.74, 6) is 3.13. The van der Waals surface area contributed by atoms with Gasteiger partial charge in [0.25, 0.3) is 0 Å². The highest BCUT2D eigenvalue weighted by Crippen LogP contribution is 2.39. The maximum atomic E-state index is 5.84. The van der Waals surface area contributed by atoms with Crippen LogP contribution >= 0.6 is 0 Å². The van der Waals surface area contributed by atoms with E-state index in [4.69, 9.17) is 18.9 Å². The van der Waals surface area contributed by atoms with E-state index in [1.165, 1.54) is 11.1 Å². The summed E-state index contributed by atoms with van der Waals surface area (Å²) in [6, 6.07) is 10.4. The van der Waals surface area contributed by atoms with Crippen molar-refractivity contribution >= 4 is 0 Å². The molecule has 1 aliphatic rings.